The van der Waals surface area contributed by atoms with Gasteiger partial charge >= 0.3 is 0 Å². The summed E-state index contributed by atoms with van der Waals surface area (Å²) in [5, 5.41) is 3.26. The third-order valence-corrected chi connectivity index (χ3v) is 6.00. The van der Waals surface area contributed by atoms with E-state index in [9.17, 15) is 9.59 Å². The molecule has 1 fully saturated rings. The van der Waals surface area contributed by atoms with Gasteiger partial charge < -0.3 is 4.74 Å². The number of nitrogens with zero attached hydrogens (tertiary/aromatic N) is 1. The molecule has 1 aliphatic rings. The maximum atomic E-state index is 13.1. The van der Waals surface area contributed by atoms with E-state index in [0.717, 1.165) is 5.56 Å². The molecule has 1 heterocycles. The lowest BCUT2D eigenvalue weighted by molar-refractivity contribution is -0.122. The summed E-state index contributed by atoms with van der Waals surface area (Å²) >= 11 is 14.9. The highest BCUT2D eigenvalue weighted by atomic mass is 79.9. The molecule has 0 aromatic heterocycles. The first-order chi connectivity index (χ1) is 15.4. The molecule has 4 rings (SSSR count). The Balaban J connectivity index is 1.56. The zero-order valence-corrected chi connectivity index (χ0v) is 19.7. The van der Waals surface area contributed by atoms with Gasteiger partial charge in [-0.15, -0.1) is 0 Å². The van der Waals surface area contributed by atoms with Crippen molar-refractivity contribution in [3.63, 3.8) is 0 Å². The van der Waals surface area contributed by atoms with E-state index < -0.39 is 11.8 Å². The normalized spacial score (nSPS) is 15.1. The van der Waals surface area contributed by atoms with Crippen LogP contribution in [0.5, 0.6) is 5.75 Å². The highest BCUT2D eigenvalue weighted by molar-refractivity contribution is 9.10. The molecule has 3 aromatic carbocycles. The Kier molecular flexibility index (Phi) is 6.69. The number of hydrogen-bond donors (Lipinski definition) is 1. The minimum atomic E-state index is -0.539. The molecule has 1 N–H and O–H groups in total. The standard InChI is InChI=1S/C24H16BrClN2O3S/c25-19-13-15(10-11-21(19)31-14-16-6-4-5-9-20(16)26)12-18-22(29)27-24(32)28(23(18)30)17-7-2-1-3-8-17/h1-13H,14H2,(H,27,29,32)/b18-12-. The highest BCUT2D eigenvalue weighted by Gasteiger charge is 2.34. The Morgan fingerprint density at radius 2 is 1.75 bits per heavy atom. The molecule has 160 valence electrons. The van der Waals surface area contributed by atoms with Crippen molar-refractivity contribution >= 4 is 68.4 Å². The number of carbonyl (C=O) groups is 2. The van der Waals surface area contributed by atoms with Gasteiger partial charge in [0, 0.05) is 10.6 Å². The molecule has 1 aliphatic heterocycles. The van der Waals surface area contributed by atoms with Crippen molar-refractivity contribution < 1.29 is 14.3 Å². The largest absolute Gasteiger partial charge is 0.488 e. The average molecular weight is 528 g/mol. The summed E-state index contributed by atoms with van der Waals surface area (Å²) in [5.41, 5.74) is 2.09. The number of halogens is 2. The molecular weight excluding hydrogens is 512 g/mol. The molecule has 5 nitrogen and oxygen atoms in total. The number of ether oxygens (including phenoxy) is 1. The lowest BCUT2D eigenvalue weighted by Crippen LogP contribution is -2.54. The van der Waals surface area contributed by atoms with Gasteiger partial charge in [0.25, 0.3) is 11.8 Å². The second kappa shape index (κ2) is 9.65. The summed E-state index contributed by atoms with van der Waals surface area (Å²) in [4.78, 5) is 26.8. The predicted molar refractivity (Wildman–Crippen MR) is 133 cm³/mol. The van der Waals surface area contributed by atoms with Gasteiger partial charge in [-0.2, -0.15) is 0 Å². The highest BCUT2D eigenvalue weighted by Crippen LogP contribution is 2.29. The Morgan fingerprint density at radius 1 is 1.03 bits per heavy atom. The zero-order chi connectivity index (χ0) is 22.7. The molecular formula is C24H16BrClN2O3S. The van der Waals surface area contributed by atoms with E-state index in [2.05, 4.69) is 21.2 Å². The molecule has 0 aliphatic carbocycles. The first kappa shape index (κ1) is 22.2. The number of thiocarbonyl (C=S) groups is 1. The average Bonchev–Trinajstić information content (AvgIpc) is 2.78. The molecule has 32 heavy (non-hydrogen) atoms. The van der Waals surface area contributed by atoms with E-state index in [4.69, 9.17) is 28.6 Å². The molecule has 8 heteroatoms. The van der Waals surface area contributed by atoms with Crippen LogP contribution < -0.4 is 15.0 Å². The van der Waals surface area contributed by atoms with Crippen molar-refractivity contribution in [1.29, 1.82) is 0 Å². The number of benzene rings is 3. The second-order valence-corrected chi connectivity index (χ2v) is 8.51. The first-order valence-corrected chi connectivity index (χ1v) is 11.1. The van der Waals surface area contributed by atoms with E-state index in [1.165, 1.54) is 11.0 Å². The number of rotatable bonds is 5. The minimum Gasteiger partial charge on any atom is -0.488 e. The van der Waals surface area contributed by atoms with Gasteiger partial charge in [-0.1, -0.05) is 54.1 Å². The van der Waals surface area contributed by atoms with Crippen molar-refractivity contribution in [2.75, 3.05) is 4.90 Å². The third kappa shape index (κ3) is 4.75. The van der Waals surface area contributed by atoms with Crippen molar-refractivity contribution in [2.24, 2.45) is 0 Å². The van der Waals surface area contributed by atoms with Crippen LogP contribution in [-0.2, 0) is 16.2 Å². The SMILES string of the molecule is O=C1NC(=S)N(c2ccccc2)C(=O)/C1=C\c1ccc(OCc2ccccc2Cl)c(Br)c1. The van der Waals surface area contributed by atoms with Crippen LogP contribution in [0.3, 0.4) is 0 Å². The van der Waals surface area contributed by atoms with Crippen LogP contribution in [0.4, 0.5) is 5.69 Å². The van der Waals surface area contributed by atoms with Crippen LogP contribution in [0.15, 0.2) is 82.8 Å². The lowest BCUT2D eigenvalue weighted by atomic mass is 10.1. The fraction of sp³-hybridized carbons (Fsp3) is 0.0417. The van der Waals surface area contributed by atoms with Crippen LogP contribution in [0.1, 0.15) is 11.1 Å². The Bertz CT molecular complexity index is 1250. The van der Waals surface area contributed by atoms with E-state index in [1.54, 1.807) is 48.5 Å². The second-order valence-electron chi connectivity index (χ2n) is 6.86. The fourth-order valence-electron chi connectivity index (χ4n) is 3.13. The molecule has 3 aromatic rings. The maximum Gasteiger partial charge on any atom is 0.270 e. The Morgan fingerprint density at radius 3 is 2.47 bits per heavy atom. The van der Waals surface area contributed by atoms with E-state index in [0.29, 0.717) is 33.1 Å². The van der Waals surface area contributed by atoms with E-state index in [1.807, 2.05) is 24.3 Å². The van der Waals surface area contributed by atoms with Gasteiger partial charge in [0.05, 0.1) is 10.2 Å². The lowest BCUT2D eigenvalue weighted by Gasteiger charge is -2.28. The summed E-state index contributed by atoms with van der Waals surface area (Å²) in [6.45, 7) is 0.309. The summed E-state index contributed by atoms with van der Waals surface area (Å²) in [5.74, 6) is -0.416. The molecule has 0 saturated carbocycles. The van der Waals surface area contributed by atoms with Gasteiger partial charge in [0.2, 0.25) is 0 Å². The Labute approximate surface area is 203 Å². The topological polar surface area (TPSA) is 58.6 Å². The van der Waals surface area contributed by atoms with Crippen LogP contribution in [0, 0.1) is 0 Å². The van der Waals surface area contributed by atoms with Crippen molar-refractivity contribution in [3.05, 3.63) is 99.0 Å². The number of anilines is 1. The fourth-order valence-corrected chi connectivity index (χ4v) is 4.11. The van der Waals surface area contributed by atoms with Gasteiger partial charge in [-0.05, 0) is 70.1 Å². The first-order valence-electron chi connectivity index (χ1n) is 9.56. The van der Waals surface area contributed by atoms with Crippen molar-refractivity contribution in [2.45, 2.75) is 6.61 Å². The summed E-state index contributed by atoms with van der Waals surface area (Å²) in [6.07, 6.45) is 1.53. The number of nitrogens with one attached hydrogen (secondary N) is 1. The van der Waals surface area contributed by atoms with Gasteiger partial charge in [0.1, 0.15) is 17.9 Å². The zero-order valence-electron chi connectivity index (χ0n) is 16.5. The number of hydrogen-bond acceptors (Lipinski definition) is 4. The summed E-state index contributed by atoms with van der Waals surface area (Å²) < 4.78 is 6.53. The predicted octanol–water partition coefficient (Wildman–Crippen LogP) is 5.51. The number of carbonyl (C=O) groups excluding carboxylic acids is 2. The Hall–Kier alpha value is -3.00. The van der Waals surface area contributed by atoms with Gasteiger partial charge in [-0.3, -0.25) is 19.8 Å². The van der Waals surface area contributed by atoms with Gasteiger partial charge in [-0.25, -0.2) is 0 Å². The monoisotopic (exact) mass is 526 g/mol. The van der Waals surface area contributed by atoms with Crippen LogP contribution >= 0.6 is 39.7 Å². The summed E-state index contributed by atoms with van der Waals surface area (Å²) in [7, 11) is 0. The molecule has 0 bridgehead atoms. The van der Waals surface area contributed by atoms with Crippen LogP contribution in [0.25, 0.3) is 6.08 Å². The number of amides is 2. The van der Waals surface area contributed by atoms with Crippen LogP contribution in [-0.4, -0.2) is 16.9 Å². The molecule has 2 amide bonds. The maximum absolute atomic E-state index is 13.1. The molecule has 0 unspecified atom stereocenters. The van der Waals surface area contributed by atoms with E-state index >= 15 is 0 Å². The minimum absolute atomic E-state index is 0.0147. The third-order valence-electron chi connectivity index (χ3n) is 4.72. The van der Waals surface area contributed by atoms with E-state index in [-0.39, 0.29) is 10.7 Å². The summed E-state index contributed by atoms with van der Waals surface area (Å²) in [6, 6.07) is 21.7. The van der Waals surface area contributed by atoms with Crippen molar-refractivity contribution in [3.8, 4) is 5.75 Å². The molecule has 0 radical (unpaired) electrons. The molecule has 1 saturated heterocycles. The number of para-hydroxylation sites is 1. The van der Waals surface area contributed by atoms with Crippen molar-refractivity contribution in [1.82, 2.24) is 5.32 Å². The van der Waals surface area contributed by atoms with Crippen LogP contribution in [0.2, 0.25) is 5.02 Å². The van der Waals surface area contributed by atoms with Gasteiger partial charge in [0.15, 0.2) is 5.11 Å². The quantitative estimate of drug-likeness (QED) is 0.270. The molecule has 0 atom stereocenters. The molecule has 0 spiro atoms. The smallest absolute Gasteiger partial charge is 0.270 e.